The van der Waals surface area contributed by atoms with Crippen LogP contribution >= 0.6 is 0 Å². The number of benzene rings is 2. The summed E-state index contributed by atoms with van der Waals surface area (Å²) >= 11 is 0. The van der Waals surface area contributed by atoms with Crippen molar-refractivity contribution in [1.29, 1.82) is 0 Å². The fourth-order valence-corrected chi connectivity index (χ4v) is 3.94. The third-order valence-electron chi connectivity index (χ3n) is 5.67. The molecule has 3 atom stereocenters. The van der Waals surface area contributed by atoms with E-state index >= 15 is 0 Å². The smallest absolute Gasteiger partial charge is 0.275 e. The molecule has 0 radical (unpaired) electrons. The zero-order valence-electron chi connectivity index (χ0n) is 15.1. The lowest BCUT2D eigenvalue weighted by atomic mass is 9.86. The summed E-state index contributed by atoms with van der Waals surface area (Å²) in [6.07, 6.45) is -1.23. The van der Waals surface area contributed by atoms with Crippen LogP contribution in [0.5, 0.6) is 0 Å². The van der Waals surface area contributed by atoms with Crippen molar-refractivity contribution in [2.24, 2.45) is 5.92 Å². The fraction of sp³-hybridized carbons (Fsp3) is 0.400. The van der Waals surface area contributed by atoms with Gasteiger partial charge in [-0.2, -0.15) is 0 Å². The summed E-state index contributed by atoms with van der Waals surface area (Å²) in [7, 11) is 0. The van der Waals surface area contributed by atoms with Crippen molar-refractivity contribution in [2.75, 3.05) is 6.61 Å². The lowest BCUT2D eigenvalue weighted by molar-refractivity contribution is -0.198. The van der Waals surface area contributed by atoms with E-state index in [-0.39, 0.29) is 17.0 Å². The Morgan fingerprint density at radius 2 is 1.73 bits per heavy atom. The first-order valence-corrected chi connectivity index (χ1v) is 8.88. The molecule has 6 nitrogen and oxygen atoms in total. The molecule has 0 bridgehead atoms. The van der Waals surface area contributed by atoms with Crippen LogP contribution in [0.4, 0.5) is 0 Å². The molecule has 0 aliphatic carbocycles. The number of aliphatic hydroxyl groups excluding tert-OH is 1. The molecule has 0 saturated carbocycles. The molecule has 136 valence electrons. The van der Waals surface area contributed by atoms with Crippen molar-refractivity contribution in [3.8, 4) is 0 Å². The monoisotopic (exact) mass is 354 g/mol. The van der Waals surface area contributed by atoms with Crippen molar-refractivity contribution < 1.29 is 9.84 Å². The summed E-state index contributed by atoms with van der Waals surface area (Å²) in [5, 5.41) is 13.4. The SMILES string of the molecule is CCO[C@@]1(C)C(C)Cn2c(=O)c3cc4ccccc4cc3c(=O)n2[C@@H]1O. The first-order valence-electron chi connectivity index (χ1n) is 8.88. The van der Waals surface area contributed by atoms with E-state index in [1.165, 1.54) is 4.68 Å². The predicted molar refractivity (Wildman–Crippen MR) is 100 cm³/mol. The largest absolute Gasteiger partial charge is 0.370 e. The van der Waals surface area contributed by atoms with E-state index in [2.05, 4.69) is 0 Å². The van der Waals surface area contributed by atoms with Crippen molar-refractivity contribution in [3.63, 3.8) is 0 Å². The van der Waals surface area contributed by atoms with Crippen LogP contribution in [-0.4, -0.2) is 26.7 Å². The molecule has 0 amide bonds. The Hall–Kier alpha value is -2.44. The van der Waals surface area contributed by atoms with Crippen LogP contribution in [0, 0.1) is 5.92 Å². The van der Waals surface area contributed by atoms with E-state index in [1.807, 2.05) is 38.1 Å². The average Bonchev–Trinajstić information content (AvgIpc) is 2.63. The Kier molecular flexibility index (Phi) is 3.78. The molecule has 1 aliphatic heterocycles. The topological polar surface area (TPSA) is 73.5 Å². The molecule has 1 aromatic heterocycles. The molecule has 1 N–H and O–H groups in total. The van der Waals surface area contributed by atoms with E-state index in [0.717, 1.165) is 15.5 Å². The highest BCUT2D eigenvalue weighted by atomic mass is 16.5. The molecule has 0 fully saturated rings. The van der Waals surface area contributed by atoms with Gasteiger partial charge in [0.1, 0.15) is 5.60 Å². The lowest BCUT2D eigenvalue weighted by Crippen LogP contribution is -2.58. The Labute approximate surface area is 150 Å². The maximum Gasteiger partial charge on any atom is 0.275 e. The van der Waals surface area contributed by atoms with Gasteiger partial charge in [-0.15, -0.1) is 0 Å². The maximum atomic E-state index is 13.2. The van der Waals surface area contributed by atoms with Gasteiger partial charge >= 0.3 is 0 Å². The van der Waals surface area contributed by atoms with E-state index in [9.17, 15) is 14.7 Å². The minimum Gasteiger partial charge on any atom is -0.370 e. The van der Waals surface area contributed by atoms with E-state index in [0.29, 0.717) is 23.9 Å². The normalized spacial score (nSPS) is 25.5. The third kappa shape index (κ3) is 2.19. The fourth-order valence-electron chi connectivity index (χ4n) is 3.94. The summed E-state index contributed by atoms with van der Waals surface area (Å²) in [4.78, 5) is 26.2. The van der Waals surface area contributed by atoms with Crippen LogP contribution in [-0.2, 0) is 11.3 Å². The first kappa shape index (κ1) is 17.0. The van der Waals surface area contributed by atoms with Crippen LogP contribution in [0.25, 0.3) is 21.5 Å². The van der Waals surface area contributed by atoms with Gasteiger partial charge in [0.15, 0.2) is 6.23 Å². The maximum absolute atomic E-state index is 13.2. The summed E-state index contributed by atoms with van der Waals surface area (Å²) < 4.78 is 8.32. The van der Waals surface area contributed by atoms with Crippen LogP contribution in [0.3, 0.4) is 0 Å². The Bertz CT molecular complexity index is 1130. The van der Waals surface area contributed by atoms with Crippen molar-refractivity contribution >= 4 is 21.5 Å². The molecule has 2 heterocycles. The minimum atomic E-state index is -1.23. The van der Waals surface area contributed by atoms with Gasteiger partial charge in [0.25, 0.3) is 11.1 Å². The van der Waals surface area contributed by atoms with Gasteiger partial charge in [0.05, 0.1) is 10.8 Å². The molecule has 2 aromatic carbocycles. The highest BCUT2D eigenvalue weighted by Crippen LogP contribution is 2.36. The molecule has 3 aromatic rings. The van der Waals surface area contributed by atoms with Crippen LogP contribution in [0.15, 0.2) is 46.0 Å². The first-order chi connectivity index (χ1) is 12.4. The molecular weight excluding hydrogens is 332 g/mol. The van der Waals surface area contributed by atoms with Gasteiger partial charge in [0, 0.05) is 19.1 Å². The lowest BCUT2D eigenvalue weighted by Gasteiger charge is -2.44. The molecule has 4 rings (SSSR count). The average molecular weight is 354 g/mol. The zero-order valence-corrected chi connectivity index (χ0v) is 15.1. The van der Waals surface area contributed by atoms with Gasteiger partial charge in [-0.05, 0) is 36.8 Å². The molecule has 1 aliphatic rings. The van der Waals surface area contributed by atoms with Crippen LogP contribution in [0.2, 0.25) is 0 Å². The predicted octanol–water partition coefficient (Wildman–Crippen LogP) is 2.25. The zero-order chi connectivity index (χ0) is 18.6. The minimum absolute atomic E-state index is 0.132. The van der Waals surface area contributed by atoms with Gasteiger partial charge in [-0.1, -0.05) is 31.2 Å². The second-order valence-corrected chi connectivity index (χ2v) is 7.17. The van der Waals surface area contributed by atoms with E-state index in [4.69, 9.17) is 4.74 Å². The molecule has 1 unspecified atom stereocenters. The number of fused-ring (bicyclic) bond motifs is 3. The van der Waals surface area contributed by atoms with Gasteiger partial charge in [0.2, 0.25) is 0 Å². The quantitative estimate of drug-likeness (QED) is 0.717. The van der Waals surface area contributed by atoms with E-state index < -0.39 is 11.8 Å². The van der Waals surface area contributed by atoms with Crippen LogP contribution < -0.4 is 11.1 Å². The van der Waals surface area contributed by atoms with Gasteiger partial charge in [-0.3, -0.25) is 9.59 Å². The molecule has 26 heavy (non-hydrogen) atoms. The number of aromatic nitrogens is 2. The van der Waals surface area contributed by atoms with Crippen LogP contribution in [0.1, 0.15) is 27.0 Å². The molecule has 6 heteroatoms. The summed E-state index contributed by atoms with van der Waals surface area (Å²) in [6.45, 7) is 6.28. The number of hydrogen-bond acceptors (Lipinski definition) is 4. The second kappa shape index (κ2) is 5.79. The van der Waals surface area contributed by atoms with Crippen molar-refractivity contribution in [2.45, 2.75) is 39.1 Å². The Morgan fingerprint density at radius 1 is 1.15 bits per heavy atom. The van der Waals surface area contributed by atoms with Gasteiger partial charge < -0.3 is 9.84 Å². The number of rotatable bonds is 2. The Balaban J connectivity index is 2.08. The van der Waals surface area contributed by atoms with Crippen molar-refractivity contribution in [3.05, 3.63) is 57.1 Å². The second-order valence-electron chi connectivity index (χ2n) is 7.17. The molecular formula is C20H22N2O4. The summed E-state index contributed by atoms with van der Waals surface area (Å²) in [5.74, 6) is -0.132. The highest BCUT2D eigenvalue weighted by molar-refractivity contribution is 5.97. The standard InChI is InChI=1S/C20H22N2O4/c1-4-26-20(3)12(2)11-21-17(23)15-9-13-7-5-6-8-14(13)10-16(15)18(24)22(21)19(20)25/h5-10,12,19,25H,4,11H2,1-3H3/t12?,19-,20+/m1/s1. The number of nitrogens with zero attached hydrogens (tertiary/aromatic N) is 2. The summed E-state index contributed by atoms with van der Waals surface area (Å²) in [5.41, 5.74) is -1.58. The molecule has 0 spiro atoms. The summed E-state index contributed by atoms with van der Waals surface area (Å²) in [6, 6.07) is 11.1. The van der Waals surface area contributed by atoms with Crippen molar-refractivity contribution in [1.82, 2.24) is 9.36 Å². The Morgan fingerprint density at radius 3 is 2.31 bits per heavy atom. The number of aliphatic hydroxyl groups is 1. The number of hydrogen-bond donors (Lipinski definition) is 1. The highest BCUT2D eigenvalue weighted by Gasteiger charge is 2.46. The third-order valence-corrected chi connectivity index (χ3v) is 5.67. The molecule has 0 saturated heterocycles. The number of ether oxygens (including phenoxy) is 1. The van der Waals surface area contributed by atoms with Gasteiger partial charge in [-0.25, -0.2) is 9.36 Å². The van der Waals surface area contributed by atoms with E-state index in [1.54, 1.807) is 19.1 Å².